The molecule has 0 aromatic heterocycles. The molecule has 0 bridgehead atoms. The number of benzene rings is 1. The Bertz CT molecular complexity index is 496. The zero-order valence-electron chi connectivity index (χ0n) is 13.4. The van der Waals surface area contributed by atoms with E-state index in [0.29, 0.717) is 32.8 Å². The van der Waals surface area contributed by atoms with Gasteiger partial charge in [-0.05, 0) is 45.2 Å². The minimum Gasteiger partial charge on any atom is -0.379 e. The maximum atomic E-state index is 11.9. The molecule has 1 aromatic rings. The van der Waals surface area contributed by atoms with E-state index in [1.807, 2.05) is 13.8 Å². The van der Waals surface area contributed by atoms with Crippen molar-refractivity contribution in [3.05, 3.63) is 29.8 Å². The number of ether oxygens (including phenoxy) is 2. The van der Waals surface area contributed by atoms with Gasteiger partial charge in [0.1, 0.15) is 0 Å². The molecular weight excluding hydrogens is 304 g/mol. The van der Waals surface area contributed by atoms with Gasteiger partial charge in [-0.1, -0.05) is 17.7 Å². The zero-order chi connectivity index (χ0) is 16.3. The maximum absolute atomic E-state index is 11.9. The van der Waals surface area contributed by atoms with Gasteiger partial charge in [-0.2, -0.15) is 8.42 Å². The minimum absolute atomic E-state index is 0.204. The predicted octanol–water partition coefficient (Wildman–Crippen LogP) is 2.92. The molecule has 6 heteroatoms. The largest absolute Gasteiger partial charge is 0.379 e. The third kappa shape index (κ3) is 7.89. The average Bonchev–Trinajstić information content (AvgIpc) is 2.49. The van der Waals surface area contributed by atoms with Gasteiger partial charge in [-0.3, -0.25) is 4.18 Å². The van der Waals surface area contributed by atoms with Crippen LogP contribution in [0.3, 0.4) is 0 Å². The average molecular weight is 330 g/mol. The van der Waals surface area contributed by atoms with E-state index in [1.165, 1.54) is 0 Å². The molecular formula is C16H26O5S. The first-order chi connectivity index (χ1) is 10.6. The van der Waals surface area contributed by atoms with Crippen molar-refractivity contribution in [2.45, 2.75) is 38.0 Å². The first-order valence-electron chi connectivity index (χ1n) is 7.68. The van der Waals surface area contributed by atoms with E-state index < -0.39 is 10.1 Å². The standard InChI is InChI=1S/C16H26O5S/c1-3-19-13-14-20-11-5-4-6-12-21-22(17,18)16-9-7-15(2)8-10-16/h7-10H,3-6,11-14H2,1-2H3. The molecule has 5 nitrogen and oxygen atoms in total. The topological polar surface area (TPSA) is 61.8 Å². The summed E-state index contributed by atoms with van der Waals surface area (Å²) in [6, 6.07) is 6.65. The SMILES string of the molecule is CCOCCOCCCCCOS(=O)(=O)c1ccc(C)cc1. The highest BCUT2D eigenvalue weighted by Gasteiger charge is 2.14. The molecule has 0 aliphatic rings. The van der Waals surface area contributed by atoms with Crippen LogP contribution in [0.1, 0.15) is 31.7 Å². The molecule has 1 rings (SSSR count). The van der Waals surface area contributed by atoms with E-state index in [2.05, 4.69) is 0 Å². The van der Waals surface area contributed by atoms with Crippen LogP contribution < -0.4 is 0 Å². The molecule has 0 aliphatic carbocycles. The van der Waals surface area contributed by atoms with Gasteiger partial charge >= 0.3 is 0 Å². The zero-order valence-corrected chi connectivity index (χ0v) is 14.2. The second kappa shape index (κ2) is 10.7. The minimum atomic E-state index is -3.63. The van der Waals surface area contributed by atoms with Gasteiger partial charge in [0.05, 0.1) is 24.7 Å². The van der Waals surface area contributed by atoms with Gasteiger partial charge in [-0.25, -0.2) is 0 Å². The molecule has 0 N–H and O–H groups in total. The highest BCUT2D eigenvalue weighted by atomic mass is 32.2. The Morgan fingerprint density at radius 2 is 1.50 bits per heavy atom. The highest BCUT2D eigenvalue weighted by Crippen LogP contribution is 2.13. The summed E-state index contributed by atoms with van der Waals surface area (Å²) in [5.74, 6) is 0. The van der Waals surface area contributed by atoms with Crippen molar-refractivity contribution in [1.82, 2.24) is 0 Å². The lowest BCUT2D eigenvalue weighted by molar-refractivity contribution is 0.0510. The van der Waals surface area contributed by atoms with Gasteiger partial charge in [0, 0.05) is 13.2 Å². The summed E-state index contributed by atoms with van der Waals surface area (Å²) < 4.78 is 39.4. The predicted molar refractivity (Wildman–Crippen MR) is 85.5 cm³/mol. The molecule has 0 heterocycles. The molecule has 1 aromatic carbocycles. The van der Waals surface area contributed by atoms with E-state index in [-0.39, 0.29) is 11.5 Å². The quantitative estimate of drug-likeness (QED) is 0.435. The van der Waals surface area contributed by atoms with Crippen LogP contribution in [0.25, 0.3) is 0 Å². The van der Waals surface area contributed by atoms with Crippen LogP contribution in [0.15, 0.2) is 29.2 Å². The number of rotatable bonds is 12. The monoisotopic (exact) mass is 330 g/mol. The van der Waals surface area contributed by atoms with Gasteiger partial charge in [-0.15, -0.1) is 0 Å². The lowest BCUT2D eigenvalue weighted by Crippen LogP contribution is -2.08. The molecule has 0 aliphatic heterocycles. The summed E-state index contributed by atoms with van der Waals surface area (Å²) >= 11 is 0. The first-order valence-corrected chi connectivity index (χ1v) is 9.08. The molecule has 0 saturated heterocycles. The van der Waals surface area contributed by atoms with Gasteiger partial charge in [0.25, 0.3) is 10.1 Å². The summed E-state index contributed by atoms with van der Waals surface area (Å²) in [7, 11) is -3.63. The Labute approximate surface area is 133 Å². The fourth-order valence-electron chi connectivity index (χ4n) is 1.79. The fraction of sp³-hybridized carbons (Fsp3) is 0.625. The normalized spacial score (nSPS) is 11.7. The second-order valence-electron chi connectivity index (χ2n) is 4.96. The molecule has 0 fully saturated rings. The van der Waals surface area contributed by atoms with E-state index in [9.17, 15) is 8.42 Å². The molecule has 0 atom stereocenters. The van der Waals surface area contributed by atoms with Crippen LogP contribution in [0.2, 0.25) is 0 Å². The van der Waals surface area contributed by atoms with Crippen molar-refractivity contribution in [2.24, 2.45) is 0 Å². The first kappa shape index (κ1) is 19.1. The number of unbranched alkanes of at least 4 members (excludes halogenated alkanes) is 2. The summed E-state index contributed by atoms with van der Waals surface area (Å²) in [5.41, 5.74) is 1.02. The van der Waals surface area contributed by atoms with Crippen molar-refractivity contribution in [3.8, 4) is 0 Å². The highest BCUT2D eigenvalue weighted by molar-refractivity contribution is 7.86. The Balaban J connectivity index is 2.10. The smallest absolute Gasteiger partial charge is 0.296 e. The number of hydrogen-bond acceptors (Lipinski definition) is 5. The Morgan fingerprint density at radius 1 is 0.864 bits per heavy atom. The van der Waals surface area contributed by atoms with Gasteiger partial charge in [0.2, 0.25) is 0 Å². The number of hydrogen-bond donors (Lipinski definition) is 0. The summed E-state index contributed by atoms with van der Waals surface area (Å²) in [5, 5.41) is 0. The van der Waals surface area contributed by atoms with Crippen molar-refractivity contribution < 1.29 is 22.1 Å². The molecule has 0 unspecified atom stereocenters. The summed E-state index contributed by atoms with van der Waals surface area (Å²) in [4.78, 5) is 0.206. The van der Waals surface area contributed by atoms with Crippen molar-refractivity contribution in [2.75, 3.05) is 33.0 Å². The van der Waals surface area contributed by atoms with Crippen LogP contribution in [0.4, 0.5) is 0 Å². The summed E-state index contributed by atoms with van der Waals surface area (Å²) in [6.45, 7) is 6.65. The maximum Gasteiger partial charge on any atom is 0.296 e. The van der Waals surface area contributed by atoms with Crippen LogP contribution >= 0.6 is 0 Å². The van der Waals surface area contributed by atoms with Crippen LogP contribution in [0.5, 0.6) is 0 Å². The molecule has 126 valence electrons. The molecule has 0 saturated carbocycles. The lowest BCUT2D eigenvalue weighted by Gasteiger charge is -2.06. The van der Waals surface area contributed by atoms with E-state index >= 15 is 0 Å². The molecule has 0 amide bonds. The number of aryl methyl sites for hydroxylation is 1. The van der Waals surface area contributed by atoms with Crippen molar-refractivity contribution in [1.29, 1.82) is 0 Å². The molecule has 0 spiro atoms. The van der Waals surface area contributed by atoms with Gasteiger partial charge in [0.15, 0.2) is 0 Å². The van der Waals surface area contributed by atoms with Crippen molar-refractivity contribution in [3.63, 3.8) is 0 Å². The van der Waals surface area contributed by atoms with Crippen LogP contribution in [0, 0.1) is 6.92 Å². The molecule has 0 radical (unpaired) electrons. The summed E-state index contributed by atoms with van der Waals surface area (Å²) in [6.07, 6.45) is 2.46. The van der Waals surface area contributed by atoms with Crippen LogP contribution in [-0.4, -0.2) is 41.5 Å². The lowest BCUT2D eigenvalue weighted by atomic mass is 10.2. The fourth-order valence-corrected chi connectivity index (χ4v) is 2.73. The Hall–Kier alpha value is -0.950. The third-order valence-electron chi connectivity index (χ3n) is 3.06. The molecule has 22 heavy (non-hydrogen) atoms. The van der Waals surface area contributed by atoms with Crippen LogP contribution in [-0.2, 0) is 23.8 Å². The Kier molecular flexibility index (Phi) is 9.31. The second-order valence-corrected chi connectivity index (χ2v) is 6.57. The third-order valence-corrected chi connectivity index (χ3v) is 4.38. The van der Waals surface area contributed by atoms with Crippen molar-refractivity contribution >= 4 is 10.1 Å². The van der Waals surface area contributed by atoms with Gasteiger partial charge < -0.3 is 9.47 Å². The van der Waals surface area contributed by atoms with E-state index in [4.69, 9.17) is 13.7 Å². The Morgan fingerprint density at radius 3 is 2.18 bits per heavy atom. The van der Waals surface area contributed by atoms with E-state index in [1.54, 1.807) is 24.3 Å². The van der Waals surface area contributed by atoms with E-state index in [0.717, 1.165) is 18.4 Å².